The standard InChI is InChI=1S/C21H19O2P.C20H19OP.C14H15BrO3S.C6H5BrO/c1-23-21(22)17-24(18-11-5-2-6-12-18,19-13-7-3-8-14-19)20-15-9-4-10-16-20;1-21-17-22(18-11-5-2-6-12-18,19-13-7-3-8-14-19)20-15-9-4-10-16-20;1-11-2-6-14(7-3-11)19(16,17)18-9-8-12-4-5-13(15)10-12;7-6-2-1-5(3-6)4-8/h2-17H,1H3;2-17H,1H3;2-3,5-7,10H,4,8-9H2,1H3;2-4H,1H2. The maximum atomic E-state index is 12.3. The predicted molar refractivity (Wildman–Crippen MR) is 316 cm³/mol. The molecular weight excluding hydrogens is 1100 g/mol. The van der Waals surface area contributed by atoms with Crippen LogP contribution in [0.15, 0.2) is 256 Å². The molecule has 9 rings (SSSR count). The average molecular weight is 1160 g/mol. The molecule has 0 spiro atoms. The Bertz CT molecular complexity index is 3030. The molecule has 0 radical (unpaired) electrons. The lowest BCUT2D eigenvalue weighted by atomic mass is 10.2. The number of allylic oxidation sites excluding steroid dienone is 7. The quantitative estimate of drug-likeness (QED) is 0.0463. The second-order valence-corrected chi connectivity index (χ2v) is 26.4. The van der Waals surface area contributed by atoms with E-state index in [2.05, 4.69) is 159 Å². The van der Waals surface area contributed by atoms with Crippen molar-refractivity contribution < 1.29 is 31.7 Å². The number of hydrogen-bond acceptors (Lipinski definition) is 7. The van der Waals surface area contributed by atoms with Crippen LogP contribution in [0.2, 0.25) is 0 Å². The number of halogens is 2. The van der Waals surface area contributed by atoms with E-state index in [0.29, 0.717) is 6.42 Å². The molecule has 0 heterocycles. The van der Waals surface area contributed by atoms with Gasteiger partial charge in [0.25, 0.3) is 10.1 Å². The smallest absolute Gasteiger partial charge is 0.331 e. The SMILES string of the molecule is COC(=O)C=P(c1ccccc1)(c1ccccc1)c1ccccc1.COC=P(c1ccccc1)(c1ccccc1)c1ccccc1.Cc1ccc(S(=O)(=O)OCCC2=CC(Br)=CC2)cc1.O=CC1=CC(Br)=CC1. The van der Waals surface area contributed by atoms with E-state index in [0.717, 1.165) is 55.1 Å². The lowest BCUT2D eigenvalue weighted by Crippen LogP contribution is -2.28. The Labute approximate surface area is 448 Å². The van der Waals surface area contributed by atoms with Crippen LogP contribution in [0.4, 0.5) is 0 Å². The summed E-state index contributed by atoms with van der Waals surface area (Å²) in [5.74, 6) is 3.50. The maximum absolute atomic E-state index is 12.3. The maximum Gasteiger partial charge on any atom is 0.331 e. The Morgan fingerprint density at radius 1 is 0.548 bits per heavy atom. The normalized spacial score (nSPS) is 12.8. The molecule has 73 heavy (non-hydrogen) atoms. The van der Waals surface area contributed by atoms with E-state index in [9.17, 15) is 18.0 Å². The first-order valence-electron chi connectivity index (χ1n) is 23.4. The second kappa shape index (κ2) is 28.5. The van der Waals surface area contributed by atoms with Gasteiger partial charge in [-0.3, -0.25) is 8.98 Å². The van der Waals surface area contributed by atoms with Crippen LogP contribution >= 0.6 is 45.6 Å². The van der Waals surface area contributed by atoms with E-state index in [-0.39, 0.29) is 17.5 Å². The number of rotatable bonds is 14. The molecule has 12 heteroatoms. The first-order valence-corrected chi connectivity index (χ1v) is 30.1. The Morgan fingerprint density at radius 2 is 0.932 bits per heavy atom. The number of hydrogen-bond donors (Lipinski definition) is 0. The number of carbonyl (C=O) groups is 2. The number of aryl methyl sites for hydroxylation is 1. The van der Waals surface area contributed by atoms with Crippen LogP contribution in [0.1, 0.15) is 24.8 Å². The Morgan fingerprint density at radius 3 is 1.25 bits per heavy atom. The monoisotopic (exact) mass is 1150 g/mol. The first kappa shape index (κ1) is 56.4. The largest absolute Gasteiger partial charge is 0.466 e. The molecule has 0 amide bonds. The van der Waals surface area contributed by atoms with E-state index >= 15 is 0 Å². The van der Waals surface area contributed by atoms with Gasteiger partial charge < -0.3 is 9.47 Å². The molecular formula is C61H58Br2O7P2S. The summed E-state index contributed by atoms with van der Waals surface area (Å²) in [4.78, 5) is 22.5. The lowest BCUT2D eigenvalue weighted by molar-refractivity contribution is -0.132. The first-order chi connectivity index (χ1) is 35.4. The van der Waals surface area contributed by atoms with Crippen molar-refractivity contribution in [2.75, 3.05) is 20.8 Å². The van der Waals surface area contributed by atoms with Gasteiger partial charge in [0.15, 0.2) is 0 Å². The van der Waals surface area contributed by atoms with Crippen molar-refractivity contribution in [3.05, 3.63) is 256 Å². The van der Waals surface area contributed by atoms with Gasteiger partial charge >= 0.3 is 5.97 Å². The highest BCUT2D eigenvalue weighted by molar-refractivity contribution is 9.12. The molecule has 7 aromatic carbocycles. The fourth-order valence-corrected chi connectivity index (χ4v) is 17.1. The molecule has 2 aliphatic carbocycles. The molecule has 0 N–H and O–H groups in total. The van der Waals surface area contributed by atoms with Crippen LogP contribution in [0, 0.1) is 6.92 Å². The van der Waals surface area contributed by atoms with E-state index in [1.54, 1.807) is 37.2 Å². The summed E-state index contributed by atoms with van der Waals surface area (Å²) in [5.41, 5.74) is 3.04. The van der Waals surface area contributed by atoms with Crippen molar-refractivity contribution in [1.29, 1.82) is 0 Å². The molecule has 7 nitrogen and oxygen atoms in total. The van der Waals surface area contributed by atoms with Gasteiger partial charge in [-0.15, -0.1) is 0 Å². The number of esters is 1. The van der Waals surface area contributed by atoms with Crippen molar-refractivity contribution >= 4 is 112 Å². The zero-order chi connectivity index (χ0) is 51.9. The summed E-state index contributed by atoms with van der Waals surface area (Å²) >= 11 is 6.62. The summed E-state index contributed by atoms with van der Waals surface area (Å²) in [6.45, 7) is -2.04. The van der Waals surface area contributed by atoms with E-state index < -0.39 is 23.9 Å². The van der Waals surface area contributed by atoms with Crippen molar-refractivity contribution in [3.63, 3.8) is 0 Å². The molecule has 374 valence electrons. The molecule has 0 atom stereocenters. The number of methoxy groups -OCH3 is 2. The van der Waals surface area contributed by atoms with Crippen molar-refractivity contribution in [1.82, 2.24) is 0 Å². The summed E-state index contributed by atoms with van der Waals surface area (Å²) in [5, 5.41) is 7.30. The zero-order valence-electron chi connectivity index (χ0n) is 40.9. The fraction of sp³-hybridized carbons (Fsp3) is 0.115. The molecule has 2 aliphatic rings. The molecule has 0 bridgehead atoms. The molecule has 0 fully saturated rings. The van der Waals surface area contributed by atoms with Gasteiger partial charge in [0.1, 0.15) is 6.29 Å². The number of benzene rings is 7. The van der Waals surface area contributed by atoms with Crippen LogP contribution in [0.25, 0.3) is 0 Å². The highest BCUT2D eigenvalue weighted by atomic mass is 79.9. The third kappa shape index (κ3) is 15.5. The van der Waals surface area contributed by atoms with Gasteiger partial charge in [0.05, 0.1) is 18.6 Å². The summed E-state index contributed by atoms with van der Waals surface area (Å²) in [7, 11) is -0.473. The number of ether oxygens (including phenoxy) is 2. The van der Waals surface area contributed by atoms with Gasteiger partial charge in [0, 0.05) is 27.9 Å². The molecule has 0 saturated carbocycles. The predicted octanol–water partition coefficient (Wildman–Crippen LogP) is 11.8. The van der Waals surface area contributed by atoms with Crippen LogP contribution in [0.3, 0.4) is 0 Å². The third-order valence-electron chi connectivity index (χ3n) is 11.6. The lowest BCUT2D eigenvalue weighted by Gasteiger charge is -2.28. The Kier molecular flexibility index (Phi) is 22.0. The molecule has 0 aromatic heterocycles. The number of aldehydes is 1. The van der Waals surface area contributed by atoms with Crippen LogP contribution in [0.5, 0.6) is 0 Å². The Hall–Kier alpha value is -5.93. The van der Waals surface area contributed by atoms with E-state index in [1.165, 1.54) is 28.6 Å². The van der Waals surface area contributed by atoms with Gasteiger partial charge in [-0.2, -0.15) is 8.42 Å². The Balaban J connectivity index is 0.000000167. The minimum atomic E-state index is -3.64. The van der Waals surface area contributed by atoms with Crippen LogP contribution < -0.4 is 31.8 Å². The van der Waals surface area contributed by atoms with E-state index in [4.69, 9.17) is 13.7 Å². The van der Waals surface area contributed by atoms with Crippen LogP contribution in [-0.4, -0.2) is 53.3 Å². The molecule has 0 unspecified atom stereocenters. The van der Waals surface area contributed by atoms with Gasteiger partial charge in [-0.25, -0.2) is 4.79 Å². The van der Waals surface area contributed by atoms with Crippen molar-refractivity contribution in [3.8, 4) is 0 Å². The minimum Gasteiger partial charge on any atom is -0.466 e. The van der Waals surface area contributed by atoms with Crippen LogP contribution in [-0.2, 0) is 33.4 Å². The highest BCUT2D eigenvalue weighted by Gasteiger charge is 2.27. The summed E-state index contributed by atoms with van der Waals surface area (Å²) in [6.07, 6.45) is 11.0. The summed E-state index contributed by atoms with van der Waals surface area (Å²) in [6, 6.07) is 69.2. The topological polar surface area (TPSA) is 96.0 Å². The third-order valence-corrected chi connectivity index (χ3v) is 21.9. The van der Waals surface area contributed by atoms with Crippen molar-refractivity contribution in [2.45, 2.75) is 31.1 Å². The number of carbonyl (C=O) groups excluding carboxylic acids is 2. The molecule has 0 aliphatic heterocycles. The second-order valence-electron chi connectivity index (χ2n) is 16.5. The molecule has 7 aromatic rings. The van der Waals surface area contributed by atoms with Gasteiger partial charge in [0.2, 0.25) is 0 Å². The zero-order valence-corrected chi connectivity index (χ0v) is 46.7. The van der Waals surface area contributed by atoms with E-state index in [1.807, 2.05) is 91.8 Å². The van der Waals surface area contributed by atoms with Gasteiger partial charge in [-0.05, 0) is 102 Å². The molecule has 0 saturated heterocycles. The summed E-state index contributed by atoms with van der Waals surface area (Å²) < 4.78 is 41.5. The van der Waals surface area contributed by atoms with Gasteiger partial charge in [-0.1, -0.05) is 249 Å². The average Bonchev–Trinajstić information content (AvgIpc) is 4.08. The highest BCUT2D eigenvalue weighted by Crippen LogP contribution is 2.44. The minimum absolute atomic E-state index is 0.177. The fourth-order valence-electron chi connectivity index (χ4n) is 8.01. The van der Waals surface area contributed by atoms with Crippen molar-refractivity contribution in [2.24, 2.45) is 0 Å².